The number of methoxy groups -OCH3 is 4. The molecule has 8 N–H and O–H groups in total. The van der Waals surface area contributed by atoms with Crippen LogP contribution >= 0.6 is 0 Å². The number of nitriles is 1. The van der Waals surface area contributed by atoms with Crippen LogP contribution < -0.4 is 41.9 Å². The van der Waals surface area contributed by atoms with E-state index in [0.717, 1.165) is 18.4 Å². The quantitative estimate of drug-likeness (QED) is 0.160. The first-order chi connectivity index (χ1) is 16.8. The fourth-order valence-corrected chi connectivity index (χ4v) is 3.08. The van der Waals surface area contributed by atoms with Gasteiger partial charge in [0.25, 0.3) is 0 Å². The molecule has 0 aliphatic carbocycles. The molecule has 1 atom stereocenters. The van der Waals surface area contributed by atoms with Crippen LogP contribution in [0.3, 0.4) is 0 Å². The van der Waals surface area contributed by atoms with Gasteiger partial charge in [0.05, 0.1) is 51.8 Å². The van der Waals surface area contributed by atoms with Gasteiger partial charge in [0.15, 0.2) is 11.5 Å². The van der Waals surface area contributed by atoms with E-state index in [9.17, 15) is 10.1 Å². The molecular formula is C25H35N5O5. The Hall–Kier alpha value is -3.94. The highest BCUT2D eigenvalue weighted by Gasteiger charge is 2.15. The standard InChI is InChI=1S/C19H20N2O4.C6H15N3O/c1-22-16-6-5-12(8-15(16)21)7-14(11-20)13-9-17(23-2)19(25-4)18(10-13)24-3;7-4-2-1-3-5(8)6(9)10/h5-10H,21H2,1-4H3;5H,1-4,7-8H2,(H2,9,10)/b14-7-;/t;5-/m.0/s1. The number of hydrogen-bond donors (Lipinski definition) is 4. The number of rotatable bonds is 11. The lowest BCUT2D eigenvalue weighted by atomic mass is 10.0. The summed E-state index contributed by atoms with van der Waals surface area (Å²) >= 11 is 0. The van der Waals surface area contributed by atoms with Gasteiger partial charge in [-0.1, -0.05) is 12.5 Å². The summed E-state index contributed by atoms with van der Waals surface area (Å²) in [4.78, 5) is 10.4. The van der Waals surface area contributed by atoms with E-state index in [1.54, 1.807) is 37.5 Å². The number of hydrogen-bond acceptors (Lipinski definition) is 9. The van der Waals surface area contributed by atoms with Crippen LogP contribution in [0.5, 0.6) is 23.0 Å². The Morgan fingerprint density at radius 3 is 2.03 bits per heavy atom. The molecule has 2 aromatic rings. The van der Waals surface area contributed by atoms with Gasteiger partial charge in [-0.2, -0.15) is 5.26 Å². The van der Waals surface area contributed by atoms with Crippen LogP contribution in [0.2, 0.25) is 0 Å². The summed E-state index contributed by atoms with van der Waals surface area (Å²) in [5, 5.41) is 9.58. The highest BCUT2D eigenvalue weighted by atomic mass is 16.5. The molecule has 0 aliphatic rings. The lowest BCUT2D eigenvalue weighted by molar-refractivity contribution is -0.119. The topological polar surface area (TPSA) is 182 Å². The van der Waals surface area contributed by atoms with E-state index in [0.29, 0.717) is 52.8 Å². The lowest BCUT2D eigenvalue weighted by Gasteiger charge is -2.14. The van der Waals surface area contributed by atoms with Gasteiger partial charge in [0, 0.05) is 0 Å². The van der Waals surface area contributed by atoms with Gasteiger partial charge in [-0.05, 0) is 60.9 Å². The zero-order valence-electron chi connectivity index (χ0n) is 20.7. The molecule has 190 valence electrons. The number of allylic oxidation sites excluding steroid dienone is 1. The van der Waals surface area contributed by atoms with Gasteiger partial charge < -0.3 is 41.9 Å². The van der Waals surface area contributed by atoms with Crippen molar-refractivity contribution in [2.45, 2.75) is 25.3 Å². The van der Waals surface area contributed by atoms with Crippen molar-refractivity contribution < 1.29 is 23.7 Å². The van der Waals surface area contributed by atoms with Crippen molar-refractivity contribution in [3.05, 3.63) is 41.5 Å². The highest BCUT2D eigenvalue weighted by Crippen LogP contribution is 2.40. The average molecular weight is 486 g/mol. The summed E-state index contributed by atoms with van der Waals surface area (Å²) in [5.74, 6) is 1.58. The minimum atomic E-state index is -0.494. The number of nitrogens with zero attached hydrogens (tertiary/aromatic N) is 1. The molecule has 0 saturated carbocycles. The van der Waals surface area contributed by atoms with Crippen molar-refractivity contribution in [3.8, 4) is 29.1 Å². The summed E-state index contributed by atoms with van der Waals surface area (Å²) in [6, 6.07) is 10.5. The number of nitrogens with two attached hydrogens (primary N) is 4. The first-order valence-corrected chi connectivity index (χ1v) is 10.9. The molecule has 0 spiro atoms. The fraction of sp³-hybridized carbons (Fsp3) is 0.360. The smallest absolute Gasteiger partial charge is 0.234 e. The first kappa shape index (κ1) is 29.1. The first-order valence-electron chi connectivity index (χ1n) is 10.9. The zero-order chi connectivity index (χ0) is 26.4. The van der Waals surface area contributed by atoms with Crippen LogP contribution in [0.25, 0.3) is 11.6 Å². The summed E-state index contributed by atoms with van der Waals surface area (Å²) in [6.45, 7) is 0.644. The highest BCUT2D eigenvalue weighted by molar-refractivity contribution is 5.91. The van der Waals surface area contributed by atoms with Crippen LogP contribution in [-0.4, -0.2) is 46.9 Å². The predicted octanol–water partition coefficient (Wildman–Crippen LogP) is 2.30. The number of unbranched alkanes of at least 4 members (excludes halogenated alkanes) is 1. The van der Waals surface area contributed by atoms with Crippen LogP contribution in [0.15, 0.2) is 30.3 Å². The summed E-state index contributed by atoms with van der Waals surface area (Å²) in [7, 11) is 6.14. The molecule has 2 aromatic carbocycles. The Labute approximate surface area is 206 Å². The number of benzene rings is 2. The van der Waals surface area contributed by atoms with Gasteiger partial charge in [0.1, 0.15) is 5.75 Å². The van der Waals surface area contributed by atoms with Gasteiger partial charge in [0.2, 0.25) is 11.7 Å². The van der Waals surface area contributed by atoms with E-state index in [2.05, 4.69) is 6.07 Å². The molecule has 10 nitrogen and oxygen atoms in total. The third-order valence-corrected chi connectivity index (χ3v) is 5.00. The van der Waals surface area contributed by atoms with Crippen LogP contribution in [0.1, 0.15) is 30.4 Å². The molecule has 0 radical (unpaired) electrons. The van der Waals surface area contributed by atoms with Crippen molar-refractivity contribution >= 4 is 23.2 Å². The Kier molecular flexibility index (Phi) is 12.5. The van der Waals surface area contributed by atoms with Gasteiger partial charge in [-0.25, -0.2) is 0 Å². The second-order valence-electron chi connectivity index (χ2n) is 7.38. The molecular weight excluding hydrogens is 450 g/mol. The molecule has 35 heavy (non-hydrogen) atoms. The normalized spacial score (nSPS) is 11.4. The van der Waals surface area contributed by atoms with Crippen LogP contribution in [0.4, 0.5) is 5.69 Å². The van der Waals surface area contributed by atoms with E-state index < -0.39 is 11.9 Å². The second kappa shape index (κ2) is 15.1. The molecule has 2 rings (SSSR count). The summed E-state index contributed by atoms with van der Waals surface area (Å²) in [6.07, 6.45) is 4.16. The maximum absolute atomic E-state index is 10.4. The number of carbonyl (C=O) groups is 1. The second-order valence-corrected chi connectivity index (χ2v) is 7.38. The zero-order valence-corrected chi connectivity index (χ0v) is 20.7. The lowest BCUT2D eigenvalue weighted by Crippen LogP contribution is -2.36. The molecule has 0 saturated heterocycles. The summed E-state index contributed by atoms with van der Waals surface area (Å²) < 4.78 is 21.1. The van der Waals surface area contributed by atoms with Gasteiger partial charge >= 0.3 is 0 Å². The van der Waals surface area contributed by atoms with E-state index in [1.165, 1.54) is 21.3 Å². The number of anilines is 1. The van der Waals surface area contributed by atoms with Gasteiger partial charge in [-0.15, -0.1) is 0 Å². The minimum Gasteiger partial charge on any atom is -0.495 e. The van der Waals surface area contributed by atoms with Crippen LogP contribution in [0, 0.1) is 11.3 Å². The number of carbonyl (C=O) groups excluding carboxylic acids is 1. The third-order valence-electron chi connectivity index (χ3n) is 5.00. The maximum Gasteiger partial charge on any atom is 0.234 e. The van der Waals surface area contributed by atoms with Crippen LogP contribution in [-0.2, 0) is 4.79 Å². The molecule has 0 bridgehead atoms. The van der Waals surface area contributed by atoms with E-state index >= 15 is 0 Å². The van der Waals surface area contributed by atoms with Crippen molar-refractivity contribution in [3.63, 3.8) is 0 Å². The van der Waals surface area contributed by atoms with E-state index in [1.807, 2.05) is 6.07 Å². The van der Waals surface area contributed by atoms with Gasteiger partial charge in [-0.3, -0.25) is 4.79 Å². The molecule has 0 aromatic heterocycles. The van der Waals surface area contributed by atoms with E-state index in [4.69, 9.17) is 41.9 Å². The van der Waals surface area contributed by atoms with Crippen molar-refractivity contribution in [2.75, 3.05) is 40.7 Å². The predicted molar refractivity (Wildman–Crippen MR) is 137 cm³/mol. The SMILES string of the molecule is COc1ccc(/C=C(/C#N)c2cc(OC)c(OC)c(OC)c2)cc1N.NCCCC[C@H](N)C(N)=O. The average Bonchev–Trinajstić information content (AvgIpc) is 2.86. The molecule has 1 amide bonds. The monoisotopic (exact) mass is 485 g/mol. The Morgan fingerprint density at radius 2 is 1.60 bits per heavy atom. The molecule has 0 aliphatic heterocycles. The molecule has 0 unspecified atom stereocenters. The van der Waals surface area contributed by atoms with Crippen molar-refractivity contribution in [1.82, 2.24) is 0 Å². The minimum absolute atomic E-state index is 0.433. The largest absolute Gasteiger partial charge is 0.495 e. The third kappa shape index (κ3) is 8.73. The van der Waals surface area contributed by atoms with Crippen molar-refractivity contribution in [1.29, 1.82) is 5.26 Å². The number of nitrogen functional groups attached to an aromatic ring is 1. The number of primary amides is 1. The Bertz CT molecular complexity index is 1020. The number of amides is 1. The maximum atomic E-state index is 10.4. The molecule has 10 heteroatoms. The van der Waals surface area contributed by atoms with E-state index in [-0.39, 0.29) is 0 Å². The molecule has 0 heterocycles. The molecule has 0 fully saturated rings. The fourth-order valence-electron chi connectivity index (χ4n) is 3.08. The number of ether oxygens (including phenoxy) is 4. The summed E-state index contributed by atoms with van der Waals surface area (Å²) in [5.41, 5.74) is 23.8. The Morgan fingerprint density at radius 1 is 1.00 bits per heavy atom. The Balaban J connectivity index is 0.000000518. The van der Waals surface area contributed by atoms with Crippen molar-refractivity contribution in [2.24, 2.45) is 17.2 Å².